The highest BCUT2D eigenvalue weighted by molar-refractivity contribution is 9.10. The van der Waals surface area contributed by atoms with Crippen molar-refractivity contribution in [3.63, 3.8) is 0 Å². The quantitative estimate of drug-likeness (QED) is 0.741. The molecule has 1 N–H and O–H groups in total. The number of rotatable bonds is 4. The van der Waals surface area contributed by atoms with Crippen LogP contribution in [0.3, 0.4) is 0 Å². The van der Waals surface area contributed by atoms with Crippen LogP contribution in [0.25, 0.3) is 0 Å². The Labute approximate surface area is 174 Å². The van der Waals surface area contributed by atoms with Crippen molar-refractivity contribution in [1.29, 1.82) is 0 Å². The zero-order valence-corrected chi connectivity index (χ0v) is 17.9. The van der Waals surface area contributed by atoms with Crippen LogP contribution in [0, 0.1) is 0 Å². The van der Waals surface area contributed by atoms with Gasteiger partial charge in [0.25, 0.3) is 0 Å². The molecule has 0 fully saturated rings. The fourth-order valence-corrected chi connectivity index (χ4v) is 4.20. The summed E-state index contributed by atoms with van der Waals surface area (Å²) in [7, 11) is 0. The van der Waals surface area contributed by atoms with Gasteiger partial charge in [-0.2, -0.15) is 0 Å². The van der Waals surface area contributed by atoms with E-state index in [1.165, 1.54) is 4.90 Å². The minimum atomic E-state index is -1.09. The number of hydrogen-bond donors (Lipinski definition) is 1. The number of carboxylic acid groups (broad SMARTS) is 1. The zero-order valence-electron chi connectivity index (χ0n) is 16.4. The van der Waals surface area contributed by atoms with Crippen molar-refractivity contribution in [1.82, 2.24) is 4.90 Å². The van der Waals surface area contributed by atoms with Crippen molar-refractivity contribution in [3.05, 3.63) is 64.1 Å². The first-order valence-corrected chi connectivity index (χ1v) is 10.1. The van der Waals surface area contributed by atoms with Crippen LogP contribution in [0.1, 0.15) is 31.9 Å². The fraction of sp³-hybridized carbons (Fsp3) is 0.364. The van der Waals surface area contributed by atoms with Gasteiger partial charge in [-0.15, -0.1) is 0 Å². The molecule has 1 heterocycles. The number of fused-ring (bicyclic) bond motifs is 1. The lowest BCUT2D eigenvalue weighted by Crippen LogP contribution is -2.58. The molecule has 0 radical (unpaired) electrons. The summed E-state index contributed by atoms with van der Waals surface area (Å²) in [6, 6.07) is 14.6. The van der Waals surface area contributed by atoms with Crippen LogP contribution in [0.2, 0.25) is 0 Å². The second-order valence-electron chi connectivity index (χ2n) is 8.04. The molecule has 3 rings (SSSR count). The topological polar surface area (TPSA) is 60.9 Å². The van der Waals surface area contributed by atoms with Crippen molar-refractivity contribution in [2.24, 2.45) is 0 Å². The van der Waals surface area contributed by atoms with E-state index in [4.69, 9.17) is 0 Å². The summed E-state index contributed by atoms with van der Waals surface area (Å²) in [5.41, 5.74) is 2.19. The highest BCUT2D eigenvalue weighted by atomic mass is 79.9. The fourth-order valence-electron chi connectivity index (χ4n) is 3.79. The third kappa shape index (κ3) is 4.22. The maximum Gasteiger partial charge on any atom is 0.408 e. The summed E-state index contributed by atoms with van der Waals surface area (Å²) in [4.78, 5) is 28.8. The van der Waals surface area contributed by atoms with Crippen LogP contribution < -0.4 is 4.90 Å². The number of amides is 2. The van der Waals surface area contributed by atoms with E-state index in [2.05, 4.69) is 15.9 Å². The van der Waals surface area contributed by atoms with Crippen LogP contribution >= 0.6 is 15.9 Å². The molecule has 2 amide bonds. The highest BCUT2D eigenvalue weighted by Crippen LogP contribution is 2.32. The molecule has 1 atom stereocenters. The molecule has 0 aliphatic carbocycles. The van der Waals surface area contributed by atoms with Gasteiger partial charge in [0.2, 0.25) is 5.91 Å². The van der Waals surface area contributed by atoms with Gasteiger partial charge in [0.15, 0.2) is 0 Å². The number of nitrogens with zero attached hydrogens (tertiary/aromatic N) is 2. The molecule has 1 aliphatic rings. The molecule has 6 heteroatoms. The number of hydrogen-bond acceptors (Lipinski definition) is 2. The van der Waals surface area contributed by atoms with Crippen LogP contribution in [0.5, 0.6) is 0 Å². The van der Waals surface area contributed by atoms with Crippen molar-refractivity contribution in [2.45, 2.75) is 45.2 Å². The third-order valence-corrected chi connectivity index (χ3v) is 5.49. The standard InChI is InChI=1S/C22H25BrN2O3/c1-22(2,3)25(21(27)28)19(13-15-7-5-4-6-8-15)20(26)24-12-11-16-14-17(23)9-10-18(16)24/h4-10,14,19H,11-13H2,1-3H3,(H,27,28)/t19-/m1/s1. The summed E-state index contributed by atoms with van der Waals surface area (Å²) in [6.07, 6.45) is 0.0178. The number of carbonyl (C=O) groups excluding carboxylic acids is 1. The minimum Gasteiger partial charge on any atom is -0.465 e. The Bertz CT molecular complexity index is 877. The van der Waals surface area contributed by atoms with Crippen molar-refractivity contribution < 1.29 is 14.7 Å². The Balaban J connectivity index is 1.99. The van der Waals surface area contributed by atoms with E-state index in [-0.39, 0.29) is 5.91 Å². The summed E-state index contributed by atoms with van der Waals surface area (Å²) in [5.74, 6) is -0.178. The number of benzene rings is 2. The first-order chi connectivity index (χ1) is 13.2. The molecule has 0 unspecified atom stereocenters. The molecule has 0 saturated heterocycles. The molecule has 1 aliphatic heterocycles. The molecular weight excluding hydrogens is 420 g/mol. The van der Waals surface area contributed by atoms with Crippen LogP contribution in [0.4, 0.5) is 10.5 Å². The van der Waals surface area contributed by atoms with E-state index < -0.39 is 17.7 Å². The maximum absolute atomic E-state index is 13.6. The van der Waals surface area contributed by atoms with Crippen molar-refractivity contribution >= 4 is 33.6 Å². The van der Waals surface area contributed by atoms with E-state index >= 15 is 0 Å². The Morgan fingerprint density at radius 2 is 1.86 bits per heavy atom. The molecule has 0 bridgehead atoms. The van der Waals surface area contributed by atoms with Crippen LogP contribution in [-0.2, 0) is 17.6 Å². The molecule has 2 aromatic rings. The van der Waals surface area contributed by atoms with Gasteiger partial charge < -0.3 is 10.0 Å². The van der Waals surface area contributed by atoms with Crippen LogP contribution in [-0.4, -0.2) is 40.1 Å². The van der Waals surface area contributed by atoms with E-state index in [0.717, 1.165) is 27.7 Å². The normalized spacial score (nSPS) is 14.5. The van der Waals surface area contributed by atoms with Gasteiger partial charge in [0.05, 0.1) is 0 Å². The first-order valence-electron chi connectivity index (χ1n) is 9.34. The van der Waals surface area contributed by atoms with E-state index in [1.54, 1.807) is 4.90 Å². The number of carbonyl (C=O) groups is 2. The number of anilines is 1. The van der Waals surface area contributed by atoms with Gasteiger partial charge in [-0.1, -0.05) is 46.3 Å². The lowest BCUT2D eigenvalue weighted by molar-refractivity contribution is -0.124. The second kappa shape index (κ2) is 7.95. The lowest BCUT2D eigenvalue weighted by atomic mass is 9.97. The van der Waals surface area contributed by atoms with E-state index in [0.29, 0.717) is 13.0 Å². The SMILES string of the molecule is CC(C)(C)N(C(=O)O)[C@H](Cc1ccccc1)C(=O)N1CCc2cc(Br)ccc21. The average molecular weight is 445 g/mol. The van der Waals surface area contributed by atoms with E-state index in [1.807, 2.05) is 69.3 Å². The molecule has 148 valence electrons. The molecular formula is C22H25BrN2O3. The van der Waals surface area contributed by atoms with Gasteiger partial charge in [0, 0.05) is 28.7 Å². The Kier molecular flexibility index (Phi) is 5.79. The van der Waals surface area contributed by atoms with Gasteiger partial charge in [-0.3, -0.25) is 9.69 Å². The largest absolute Gasteiger partial charge is 0.465 e. The predicted octanol–water partition coefficient (Wildman–Crippen LogP) is 4.73. The maximum atomic E-state index is 13.6. The van der Waals surface area contributed by atoms with Gasteiger partial charge >= 0.3 is 6.09 Å². The summed E-state index contributed by atoms with van der Waals surface area (Å²) in [5, 5.41) is 9.93. The Hall–Kier alpha value is -2.34. The molecule has 5 nitrogen and oxygen atoms in total. The minimum absolute atomic E-state index is 0.178. The van der Waals surface area contributed by atoms with Gasteiger partial charge in [0.1, 0.15) is 6.04 Å². The Morgan fingerprint density at radius 1 is 1.18 bits per heavy atom. The van der Waals surface area contributed by atoms with Gasteiger partial charge in [-0.25, -0.2) is 4.79 Å². The molecule has 0 spiro atoms. The molecule has 2 aromatic carbocycles. The third-order valence-electron chi connectivity index (χ3n) is 5.00. The van der Waals surface area contributed by atoms with Gasteiger partial charge in [-0.05, 0) is 56.5 Å². The zero-order chi connectivity index (χ0) is 20.5. The second-order valence-corrected chi connectivity index (χ2v) is 8.96. The highest BCUT2D eigenvalue weighted by Gasteiger charge is 2.41. The molecule has 28 heavy (non-hydrogen) atoms. The smallest absolute Gasteiger partial charge is 0.408 e. The average Bonchev–Trinajstić information content (AvgIpc) is 3.02. The number of halogens is 1. The van der Waals surface area contributed by atoms with Crippen molar-refractivity contribution in [2.75, 3.05) is 11.4 Å². The molecule has 0 saturated carbocycles. The monoisotopic (exact) mass is 444 g/mol. The first kappa shape index (κ1) is 20.4. The summed E-state index contributed by atoms with van der Waals surface area (Å²) in [6.45, 7) is 6.03. The summed E-state index contributed by atoms with van der Waals surface area (Å²) >= 11 is 3.47. The Morgan fingerprint density at radius 3 is 2.46 bits per heavy atom. The van der Waals surface area contributed by atoms with Crippen LogP contribution in [0.15, 0.2) is 53.0 Å². The molecule has 0 aromatic heterocycles. The van der Waals surface area contributed by atoms with E-state index in [9.17, 15) is 14.7 Å². The predicted molar refractivity (Wildman–Crippen MR) is 114 cm³/mol. The van der Waals surface area contributed by atoms with Crippen molar-refractivity contribution in [3.8, 4) is 0 Å². The summed E-state index contributed by atoms with van der Waals surface area (Å²) < 4.78 is 0.975. The lowest BCUT2D eigenvalue weighted by Gasteiger charge is -2.40.